The third kappa shape index (κ3) is 4.47. The summed E-state index contributed by atoms with van der Waals surface area (Å²) in [7, 11) is 1.57. The van der Waals surface area contributed by atoms with Gasteiger partial charge in [0.15, 0.2) is 0 Å². The van der Waals surface area contributed by atoms with Crippen LogP contribution in [0, 0.1) is 13.8 Å². The SMILES string of the molecule is COc1ccc2sc(C(=O)Oc3ccc(C(=O)Nc4cc(C)ccc4C)cc3)c(Cl)c2c1. The van der Waals surface area contributed by atoms with Gasteiger partial charge in [-0.3, -0.25) is 4.79 Å². The second kappa shape index (κ2) is 9.02. The van der Waals surface area contributed by atoms with Crippen LogP contribution in [0.15, 0.2) is 60.7 Å². The molecule has 0 saturated carbocycles. The van der Waals surface area contributed by atoms with Crippen LogP contribution in [0.4, 0.5) is 5.69 Å². The summed E-state index contributed by atoms with van der Waals surface area (Å²) in [5.41, 5.74) is 3.26. The first-order valence-corrected chi connectivity index (χ1v) is 11.0. The Morgan fingerprint density at radius 2 is 1.66 bits per heavy atom. The molecule has 5 nitrogen and oxygen atoms in total. The Hall–Kier alpha value is -3.35. The van der Waals surface area contributed by atoms with Crippen LogP contribution in [0.1, 0.15) is 31.2 Å². The summed E-state index contributed by atoms with van der Waals surface area (Å²) in [6, 6.07) is 17.7. The molecule has 0 atom stereocenters. The smallest absolute Gasteiger partial charge is 0.355 e. The number of nitrogens with one attached hydrogen (secondary N) is 1. The number of aryl methyl sites for hydroxylation is 2. The predicted octanol–water partition coefficient (Wildman–Crippen LogP) is 6.65. The van der Waals surface area contributed by atoms with Crippen molar-refractivity contribution in [3.05, 3.63) is 87.3 Å². The van der Waals surface area contributed by atoms with Crippen LogP contribution in [0.3, 0.4) is 0 Å². The number of rotatable bonds is 5. The Bertz CT molecular complexity index is 1330. The summed E-state index contributed by atoms with van der Waals surface area (Å²) in [4.78, 5) is 25.6. The maximum Gasteiger partial charge on any atom is 0.355 e. The zero-order chi connectivity index (χ0) is 22.8. The van der Waals surface area contributed by atoms with Gasteiger partial charge in [0.2, 0.25) is 0 Å². The fraction of sp³-hybridized carbons (Fsp3) is 0.120. The van der Waals surface area contributed by atoms with E-state index in [1.54, 1.807) is 37.4 Å². The summed E-state index contributed by atoms with van der Waals surface area (Å²) in [6.07, 6.45) is 0. The first-order chi connectivity index (χ1) is 15.4. The van der Waals surface area contributed by atoms with Crippen molar-refractivity contribution in [3.8, 4) is 11.5 Å². The van der Waals surface area contributed by atoms with Gasteiger partial charge in [0, 0.05) is 21.3 Å². The van der Waals surface area contributed by atoms with Crippen LogP contribution in [0.5, 0.6) is 11.5 Å². The fourth-order valence-corrected chi connectivity index (χ4v) is 4.55. The van der Waals surface area contributed by atoms with Crippen molar-refractivity contribution in [2.24, 2.45) is 0 Å². The van der Waals surface area contributed by atoms with Crippen LogP contribution in [0.2, 0.25) is 5.02 Å². The zero-order valence-corrected chi connectivity index (χ0v) is 19.3. The highest BCUT2D eigenvalue weighted by Crippen LogP contribution is 2.37. The average molecular weight is 466 g/mol. The van der Waals surface area contributed by atoms with Gasteiger partial charge in [-0.1, -0.05) is 23.7 Å². The molecule has 32 heavy (non-hydrogen) atoms. The standard InChI is InChI=1S/C25H20ClNO4S/c1-14-4-5-15(2)20(12-14)27-24(28)16-6-8-17(9-7-16)31-25(29)23-22(26)19-13-18(30-3)10-11-21(19)32-23/h4-13H,1-3H3,(H,27,28). The monoisotopic (exact) mass is 465 g/mol. The summed E-state index contributed by atoms with van der Waals surface area (Å²) in [5, 5.41) is 3.98. The molecule has 3 aromatic carbocycles. The number of carbonyl (C=O) groups is 2. The number of fused-ring (bicyclic) bond motifs is 1. The van der Waals surface area contributed by atoms with E-state index >= 15 is 0 Å². The van der Waals surface area contributed by atoms with Gasteiger partial charge in [-0.15, -0.1) is 11.3 Å². The molecule has 1 amide bonds. The van der Waals surface area contributed by atoms with E-state index in [9.17, 15) is 9.59 Å². The summed E-state index contributed by atoms with van der Waals surface area (Å²) in [6.45, 7) is 3.91. The minimum atomic E-state index is -0.553. The van der Waals surface area contributed by atoms with Crippen molar-refractivity contribution in [1.29, 1.82) is 0 Å². The summed E-state index contributed by atoms with van der Waals surface area (Å²) >= 11 is 7.67. The van der Waals surface area contributed by atoms with Crippen LogP contribution in [-0.2, 0) is 0 Å². The fourth-order valence-electron chi connectivity index (χ4n) is 3.20. The Morgan fingerprint density at radius 3 is 2.38 bits per heavy atom. The number of ether oxygens (including phenoxy) is 2. The van der Waals surface area contributed by atoms with Crippen molar-refractivity contribution in [2.75, 3.05) is 12.4 Å². The number of thiophene rings is 1. The Labute approximate surface area is 194 Å². The lowest BCUT2D eigenvalue weighted by Crippen LogP contribution is -2.13. The first kappa shape index (κ1) is 21.9. The van der Waals surface area contributed by atoms with Gasteiger partial charge in [-0.05, 0) is 73.5 Å². The third-order valence-corrected chi connectivity index (χ3v) is 6.64. The molecule has 0 saturated heterocycles. The molecule has 0 fully saturated rings. The first-order valence-electron chi connectivity index (χ1n) is 9.82. The molecular formula is C25H20ClNO4S. The summed E-state index contributed by atoms with van der Waals surface area (Å²) < 4.78 is 11.6. The lowest BCUT2D eigenvalue weighted by molar-refractivity contribution is 0.0740. The largest absolute Gasteiger partial charge is 0.497 e. The van der Waals surface area contributed by atoms with E-state index in [0.29, 0.717) is 27.0 Å². The second-order valence-corrected chi connectivity index (χ2v) is 8.72. The molecule has 162 valence electrons. The molecule has 1 heterocycles. The number of hydrogen-bond acceptors (Lipinski definition) is 5. The van der Waals surface area contributed by atoms with Crippen LogP contribution < -0.4 is 14.8 Å². The van der Waals surface area contributed by atoms with Gasteiger partial charge in [-0.25, -0.2) is 4.79 Å². The van der Waals surface area contributed by atoms with Crippen LogP contribution in [-0.4, -0.2) is 19.0 Å². The van der Waals surface area contributed by atoms with Crippen molar-refractivity contribution < 1.29 is 19.1 Å². The minimum absolute atomic E-state index is 0.238. The van der Waals surface area contributed by atoms with Crippen LogP contribution in [0.25, 0.3) is 10.1 Å². The maximum atomic E-state index is 12.7. The quantitative estimate of drug-likeness (QED) is 0.264. The molecule has 0 aliphatic carbocycles. The van der Waals surface area contributed by atoms with E-state index in [2.05, 4.69) is 5.32 Å². The molecule has 0 radical (unpaired) electrons. The van der Waals surface area contributed by atoms with Gasteiger partial charge in [0.25, 0.3) is 5.91 Å². The minimum Gasteiger partial charge on any atom is -0.497 e. The Kier molecular flexibility index (Phi) is 6.17. The number of benzene rings is 3. The van der Waals surface area contributed by atoms with Crippen LogP contribution >= 0.6 is 22.9 Å². The van der Waals surface area contributed by atoms with E-state index < -0.39 is 5.97 Å². The molecule has 0 bridgehead atoms. The predicted molar refractivity (Wildman–Crippen MR) is 129 cm³/mol. The van der Waals surface area contributed by atoms with Crippen molar-refractivity contribution in [3.63, 3.8) is 0 Å². The molecule has 1 aromatic heterocycles. The van der Waals surface area contributed by atoms with E-state index in [-0.39, 0.29) is 5.91 Å². The highest BCUT2D eigenvalue weighted by atomic mass is 35.5. The molecule has 0 aliphatic rings. The van der Waals surface area contributed by atoms with Gasteiger partial charge in [0.1, 0.15) is 16.4 Å². The maximum absolute atomic E-state index is 12.7. The van der Waals surface area contributed by atoms with Crippen molar-refractivity contribution in [2.45, 2.75) is 13.8 Å². The number of methoxy groups -OCH3 is 1. The molecule has 7 heteroatoms. The number of carbonyl (C=O) groups excluding carboxylic acids is 2. The van der Waals surface area contributed by atoms with Gasteiger partial charge >= 0.3 is 5.97 Å². The molecule has 4 rings (SSSR count). The number of anilines is 1. The van der Waals surface area contributed by atoms with E-state index in [4.69, 9.17) is 21.1 Å². The third-order valence-electron chi connectivity index (χ3n) is 4.99. The average Bonchev–Trinajstić information content (AvgIpc) is 3.12. The van der Waals surface area contributed by atoms with Gasteiger partial charge in [0.05, 0.1) is 12.1 Å². The van der Waals surface area contributed by atoms with E-state index in [0.717, 1.165) is 26.9 Å². The normalized spacial score (nSPS) is 10.8. The molecule has 0 unspecified atom stereocenters. The number of halogens is 1. The molecule has 0 aliphatic heterocycles. The molecular weight excluding hydrogens is 446 g/mol. The Balaban J connectivity index is 1.48. The second-order valence-electron chi connectivity index (χ2n) is 7.29. The lowest BCUT2D eigenvalue weighted by Gasteiger charge is -2.10. The molecule has 4 aromatic rings. The van der Waals surface area contributed by atoms with E-state index in [1.165, 1.54) is 11.3 Å². The molecule has 1 N–H and O–H groups in total. The highest BCUT2D eigenvalue weighted by Gasteiger charge is 2.20. The van der Waals surface area contributed by atoms with Crippen molar-refractivity contribution in [1.82, 2.24) is 0 Å². The lowest BCUT2D eigenvalue weighted by atomic mass is 10.1. The summed E-state index contributed by atoms with van der Waals surface area (Å²) in [5.74, 6) is 0.192. The number of hydrogen-bond donors (Lipinski definition) is 1. The molecule has 0 spiro atoms. The number of amides is 1. The van der Waals surface area contributed by atoms with E-state index in [1.807, 2.05) is 44.2 Å². The van der Waals surface area contributed by atoms with Gasteiger partial charge < -0.3 is 14.8 Å². The number of esters is 1. The van der Waals surface area contributed by atoms with Crippen molar-refractivity contribution >= 4 is 50.6 Å². The zero-order valence-electron chi connectivity index (χ0n) is 17.7. The topological polar surface area (TPSA) is 64.6 Å². The Morgan fingerprint density at radius 1 is 0.938 bits per heavy atom. The van der Waals surface area contributed by atoms with Gasteiger partial charge in [-0.2, -0.15) is 0 Å². The highest BCUT2D eigenvalue weighted by molar-refractivity contribution is 7.21.